The van der Waals surface area contributed by atoms with Gasteiger partial charge in [-0.25, -0.2) is 4.79 Å². The van der Waals surface area contributed by atoms with E-state index in [0.717, 1.165) is 34.7 Å². The number of benzene rings is 3. The van der Waals surface area contributed by atoms with Crippen LogP contribution in [0.5, 0.6) is 0 Å². The third-order valence-electron chi connectivity index (χ3n) is 6.76. The minimum Gasteiger partial charge on any atom is -0.444 e. The van der Waals surface area contributed by atoms with E-state index in [1.807, 2.05) is 74.5 Å². The summed E-state index contributed by atoms with van der Waals surface area (Å²) in [5, 5.41) is 7.79. The molecule has 0 heterocycles. The van der Waals surface area contributed by atoms with Crippen LogP contribution in [0.1, 0.15) is 56.3 Å². The van der Waals surface area contributed by atoms with Gasteiger partial charge in [0.15, 0.2) is 0 Å². The Kier molecular flexibility index (Phi) is 8.54. The number of fused-ring (bicyclic) bond motifs is 1. The maximum Gasteiger partial charge on any atom is 0.408 e. The zero-order valence-corrected chi connectivity index (χ0v) is 24.0. The van der Waals surface area contributed by atoms with E-state index in [-0.39, 0.29) is 23.6 Å². The molecule has 8 heteroatoms. The predicted octanol–water partition coefficient (Wildman–Crippen LogP) is 5.95. The van der Waals surface area contributed by atoms with Crippen LogP contribution in [0.4, 0.5) is 10.5 Å². The van der Waals surface area contributed by atoms with Crippen LogP contribution >= 0.6 is 12.6 Å². The van der Waals surface area contributed by atoms with Crippen LogP contribution in [0, 0.1) is 13.8 Å². The Balaban J connectivity index is 1.68. The molecule has 3 aromatic carbocycles. The quantitative estimate of drug-likeness (QED) is 0.304. The molecule has 0 aromatic heterocycles. The number of amides is 3. The summed E-state index contributed by atoms with van der Waals surface area (Å²) in [7, 11) is 0. The lowest BCUT2D eigenvalue weighted by Crippen LogP contribution is -2.54. The van der Waals surface area contributed by atoms with E-state index >= 15 is 0 Å². The summed E-state index contributed by atoms with van der Waals surface area (Å²) in [6, 6.07) is 17.5. The molecular weight excluding hydrogens is 510 g/mol. The number of thiol groups is 1. The first-order valence-electron chi connectivity index (χ1n) is 13.3. The number of anilines is 1. The number of nitrogens with one attached hydrogen (secondary N) is 2. The van der Waals surface area contributed by atoms with Crippen molar-refractivity contribution >= 4 is 47.0 Å². The van der Waals surface area contributed by atoms with Gasteiger partial charge in [0.1, 0.15) is 17.7 Å². The van der Waals surface area contributed by atoms with Crippen LogP contribution in [0.2, 0.25) is 0 Å². The summed E-state index contributed by atoms with van der Waals surface area (Å²) < 4.78 is 5.38. The van der Waals surface area contributed by atoms with Gasteiger partial charge in [-0.3, -0.25) is 9.59 Å². The van der Waals surface area contributed by atoms with Crippen molar-refractivity contribution in [3.63, 3.8) is 0 Å². The summed E-state index contributed by atoms with van der Waals surface area (Å²) >= 11 is 4.36. The Morgan fingerprint density at radius 1 is 0.974 bits per heavy atom. The van der Waals surface area contributed by atoms with E-state index < -0.39 is 23.8 Å². The molecule has 1 aliphatic carbocycles. The zero-order valence-electron chi connectivity index (χ0n) is 23.2. The molecule has 2 N–H and O–H groups in total. The van der Waals surface area contributed by atoms with Crippen molar-refractivity contribution in [3.8, 4) is 0 Å². The van der Waals surface area contributed by atoms with Gasteiger partial charge in [-0.15, -0.1) is 0 Å². The highest BCUT2D eigenvalue weighted by Crippen LogP contribution is 2.37. The Labute approximate surface area is 235 Å². The molecule has 4 rings (SSSR count). The second kappa shape index (κ2) is 11.7. The molecule has 1 fully saturated rings. The number of nitrogens with zero attached hydrogens (tertiary/aromatic N) is 1. The molecule has 0 aliphatic heterocycles. The highest BCUT2D eigenvalue weighted by Gasteiger charge is 2.44. The van der Waals surface area contributed by atoms with Crippen LogP contribution in [-0.2, 0) is 14.3 Å². The minimum absolute atomic E-state index is 0.0627. The van der Waals surface area contributed by atoms with Crippen molar-refractivity contribution in [2.75, 3.05) is 11.1 Å². The van der Waals surface area contributed by atoms with Gasteiger partial charge in [0.25, 0.3) is 5.91 Å². The van der Waals surface area contributed by atoms with E-state index in [1.54, 1.807) is 25.7 Å². The molecule has 2 atom stereocenters. The SMILES string of the molecule is Cc1ccc(C(C(=O)Nc2ccc3ccccc3c2)N(C(=O)C(CS)NC(=O)OC(C)(C)C)C2CC2)cc1C. The summed E-state index contributed by atoms with van der Waals surface area (Å²) in [5.74, 6) is -0.619. The van der Waals surface area contributed by atoms with Gasteiger partial charge in [0, 0.05) is 17.5 Å². The van der Waals surface area contributed by atoms with E-state index in [1.165, 1.54) is 0 Å². The summed E-state index contributed by atoms with van der Waals surface area (Å²) in [5.41, 5.74) is 2.76. The number of rotatable bonds is 8. The Morgan fingerprint density at radius 2 is 1.67 bits per heavy atom. The Hall–Kier alpha value is -3.52. The van der Waals surface area contributed by atoms with Gasteiger partial charge in [-0.2, -0.15) is 12.6 Å². The molecule has 2 unspecified atom stereocenters. The van der Waals surface area contributed by atoms with E-state index in [4.69, 9.17) is 4.74 Å². The molecule has 7 nitrogen and oxygen atoms in total. The number of hydrogen-bond acceptors (Lipinski definition) is 5. The second-order valence-electron chi connectivity index (χ2n) is 11.2. The number of carbonyl (C=O) groups excluding carboxylic acids is 3. The second-order valence-corrected chi connectivity index (χ2v) is 11.5. The van der Waals surface area contributed by atoms with Crippen molar-refractivity contribution in [2.45, 2.75) is 71.2 Å². The van der Waals surface area contributed by atoms with Crippen LogP contribution in [0.25, 0.3) is 10.8 Å². The molecule has 0 bridgehead atoms. The highest BCUT2D eigenvalue weighted by atomic mass is 32.1. The first-order valence-corrected chi connectivity index (χ1v) is 13.9. The van der Waals surface area contributed by atoms with Crippen LogP contribution < -0.4 is 10.6 Å². The third-order valence-corrected chi connectivity index (χ3v) is 7.12. The highest BCUT2D eigenvalue weighted by molar-refractivity contribution is 7.80. The number of carbonyl (C=O) groups is 3. The van der Waals surface area contributed by atoms with Crippen molar-refractivity contribution < 1.29 is 19.1 Å². The zero-order chi connectivity index (χ0) is 28.3. The van der Waals surface area contributed by atoms with Gasteiger partial charge < -0.3 is 20.3 Å². The van der Waals surface area contributed by atoms with Gasteiger partial charge in [0.2, 0.25) is 5.91 Å². The van der Waals surface area contributed by atoms with Crippen LogP contribution in [-0.4, -0.2) is 46.2 Å². The van der Waals surface area contributed by atoms with E-state index in [0.29, 0.717) is 11.3 Å². The summed E-state index contributed by atoms with van der Waals surface area (Å²) in [6.45, 7) is 9.27. The maximum atomic E-state index is 14.0. The molecule has 206 valence electrons. The Bertz CT molecular complexity index is 1380. The molecule has 3 amide bonds. The summed E-state index contributed by atoms with van der Waals surface area (Å²) in [6.07, 6.45) is 0.860. The molecule has 1 saturated carbocycles. The lowest BCUT2D eigenvalue weighted by atomic mass is 9.98. The fourth-order valence-electron chi connectivity index (χ4n) is 4.54. The fourth-order valence-corrected chi connectivity index (χ4v) is 4.78. The van der Waals surface area contributed by atoms with Crippen LogP contribution in [0.15, 0.2) is 60.7 Å². The smallest absolute Gasteiger partial charge is 0.408 e. The van der Waals surface area contributed by atoms with Crippen LogP contribution in [0.3, 0.4) is 0 Å². The summed E-state index contributed by atoms with van der Waals surface area (Å²) in [4.78, 5) is 42.1. The topological polar surface area (TPSA) is 87.7 Å². The Morgan fingerprint density at radius 3 is 2.28 bits per heavy atom. The van der Waals surface area contributed by atoms with Crippen molar-refractivity contribution in [1.82, 2.24) is 10.2 Å². The monoisotopic (exact) mass is 547 g/mol. The predicted molar refractivity (Wildman–Crippen MR) is 158 cm³/mol. The molecule has 3 aromatic rings. The van der Waals surface area contributed by atoms with Gasteiger partial charge >= 0.3 is 6.09 Å². The minimum atomic E-state index is -0.953. The molecule has 0 radical (unpaired) electrons. The first kappa shape index (κ1) is 28.5. The first-order chi connectivity index (χ1) is 18.5. The van der Waals surface area contributed by atoms with Gasteiger partial charge in [-0.05, 0) is 87.1 Å². The molecule has 0 saturated heterocycles. The number of ether oxygens (including phenoxy) is 1. The van der Waals surface area contributed by atoms with Gasteiger partial charge in [-0.1, -0.05) is 48.5 Å². The molecule has 39 heavy (non-hydrogen) atoms. The lowest BCUT2D eigenvalue weighted by molar-refractivity contribution is -0.141. The average molecular weight is 548 g/mol. The lowest BCUT2D eigenvalue weighted by Gasteiger charge is -2.34. The average Bonchev–Trinajstić information content (AvgIpc) is 3.71. The molecule has 1 aliphatic rings. The standard InChI is InChI=1S/C31H37N3O4S/c1-19-10-11-23(16-20(19)2)27(28(35)32-24-13-12-21-8-6-7-9-22(21)17-24)34(25-14-15-25)29(36)26(18-39)33-30(37)38-31(3,4)5/h6-13,16-17,25-27,39H,14-15,18H2,1-5H3,(H,32,35)(H,33,37). The van der Waals surface area contributed by atoms with Crippen molar-refractivity contribution in [3.05, 3.63) is 77.4 Å². The number of aryl methyl sites for hydroxylation is 2. The fraction of sp³-hybridized carbons (Fsp3) is 0.387. The maximum absolute atomic E-state index is 14.0. The van der Waals surface area contributed by atoms with Crippen molar-refractivity contribution in [2.24, 2.45) is 0 Å². The number of hydrogen-bond donors (Lipinski definition) is 3. The third kappa shape index (κ3) is 7.12. The molecule has 0 spiro atoms. The van der Waals surface area contributed by atoms with E-state index in [2.05, 4.69) is 23.3 Å². The van der Waals surface area contributed by atoms with Gasteiger partial charge in [0.05, 0.1) is 0 Å². The largest absolute Gasteiger partial charge is 0.444 e. The molecular formula is C31H37N3O4S. The van der Waals surface area contributed by atoms with Crippen molar-refractivity contribution in [1.29, 1.82) is 0 Å². The normalized spacial score (nSPS) is 14.8. The van der Waals surface area contributed by atoms with E-state index in [9.17, 15) is 14.4 Å². The number of alkyl carbamates (subject to hydrolysis) is 1.